The van der Waals surface area contributed by atoms with Crippen LogP contribution in [0.5, 0.6) is 5.75 Å². The molecule has 0 fully saturated rings. The average molecular weight is 311 g/mol. The van der Waals surface area contributed by atoms with Gasteiger partial charge in [-0.15, -0.1) is 0 Å². The van der Waals surface area contributed by atoms with Gasteiger partial charge in [-0.1, -0.05) is 42.5 Å². The van der Waals surface area contributed by atoms with Crippen LogP contribution >= 0.6 is 0 Å². The molecule has 1 N–H and O–H groups in total. The van der Waals surface area contributed by atoms with E-state index < -0.39 is 0 Å². The molecule has 0 aromatic heterocycles. The molecule has 2 rings (SSSR count). The topological polar surface area (TPSA) is 47.6 Å². The minimum absolute atomic E-state index is 0.332. The van der Waals surface area contributed by atoms with E-state index in [1.54, 1.807) is 7.11 Å². The van der Waals surface area contributed by atoms with Crippen molar-refractivity contribution in [1.29, 1.82) is 0 Å². The number of carbonyl (C=O) groups excluding carboxylic acids is 1. The Hall–Kier alpha value is -2.59. The number of rotatable bonds is 7. The number of hydrogen-bond acceptors (Lipinski definition) is 4. The summed E-state index contributed by atoms with van der Waals surface area (Å²) in [6.07, 6.45) is 1.82. The number of methoxy groups -OCH3 is 2. The molecule has 0 unspecified atom stereocenters. The molecule has 23 heavy (non-hydrogen) atoms. The standard InChI is InChI=1S/C19H21NO3/c1-22-18-10-8-15(9-11-18)12-17(19(21)23-2)14-20-13-16-6-4-3-5-7-16/h3-12,20H,13-14H2,1-2H3/b17-12+. The van der Waals surface area contributed by atoms with Crippen molar-refractivity contribution < 1.29 is 14.3 Å². The van der Waals surface area contributed by atoms with Gasteiger partial charge >= 0.3 is 5.97 Å². The van der Waals surface area contributed by atoms with E-state index in [0.29, 0.717) is 18.7 Å². The smallest absolute Gasteiger partial charge is 0.335 e. The maximum absolute atomic E-state index is 11.9. The Kier molecular flexibility index (Phi) is 6.39. The van der Waals surface area contributed by atoms with Gasteiger partial charge in [-0.2, -0.15) is 0 Å². The molecular weight excluding hydrogens is 290 g/mol. The lowest BCUT2D eigenvalue weighted by Gasteiger charge is -2.08. The van der Waals surface area contributed by atoms with Gasteiger partial charge in [-0.05, 0) is 29.3 Å². The van der Waals surface area contributed by atoms with Crippen LogP contribution in [0.4, 0.5) is 0 Å². The summed E-state index contributed by atoms with van der Waals surface area (Å²) in [6, 6.07) is 17.6. The third-order valence-corrected chi connectivity index (χ3v) is 3.39. The Morgan fingerprint density at radius 1 is 1.04 bits per heavy atom. The summed E-state index contributed by atoms with van der Waals surface area (Å²) in [7, 11) is 3.01. The molecule has 0 saturated carbocycles. The molecule has 0 aliphatic rings. The van der Waals surface area contributed by atoms with Crippen molar-refractivity contribution >= 4 is 12.0 Å². The Balaban J connectivity index is 2.03. The summed E-state index contributed by atoms with van der Waals surface area (Å²) >= 11 is 0. The first kappa shape index (κ1) is 16.8. The van der Waals surface area contributed by atoms with Crippen molar-refractivity contribution in [3.05, 3.63) is 71.3 Å². The molecular formula is C19H21NO3. The number of hydrogen-bond donors (Lipinski definition) is 1. The summed E-state index contributed by atoms with van der Waals surface area (Å²) in [5.74, 6) is 0.449. The molecule has 0 aliphatic carbocycles. The highest BCUT2D eigenvalue weighted by Crippen LogP contribution is 2.14. The van der Waals surface area contributed by atoms with E-state index in [9.17, 15) is 4.79 Å². The fourth-order valence-electron chi connectivity index (χ4n) is 2.15. The van der Waals surface area contributed by atoms with Crippen molar-refractivity contribution in [2.45, 2.75) is 6.54 Å². The molecule has 0 saturated heterocycles. The molecule has 120 valence electrons. The zero-order valence-electron chi connectivity index (χ0n) is 13.4. The number of carbonyl (C=O) groups is 1. The second-order valence-electron chi connectivity index (χ2n) is 5.02. The minimum atomic E-state index is -0.332. The first-order valence-corrected chi connectivity index (χ1v) is 7.40. The highest BCUT2D eigenvalue weighted by molar-refractivity contribution is 5.94. The molecule has 0 amide bonds. The molecule has 2 aromatic carbocycles. The number of esters is 1. The van der Waals surface area contributed by atoms with Crippen molar-refractivity contribution in [2.75, 3.05) is 20.8 Å². The zero-order valence-corrected chi connectivity index (χ0v) is 13.4. The summed E-state index contributed by atoms with van der Waals surface area (Å²) in [4.78, 5) is 11.9. The van der Waals surface area contributed by atoms with Crippen molar-refractivity contribution in [1.82, 2.24) is 5.32 Å². The fraction of sp³-hybridized carbons (Fsp3) is 0.211. The van der Waals surface area contributed by atoms with Gasteiger partial charge in [0.25, 0.3) is 0 Å². The van der Waals surface area contributed by atoms with E-state index in [-0.39, 0.29) is 5.97 Å². The first-order chi connectivity index (χ1) is 11.2. The van der Waals surface area contributed by atoms with Crippen LogP contribution in [0.25, 0.3) is 6.08 Å². The number of benzene rings is 2. The highest BCUT2D eigenvalue weighted by Gasteiger charge is 2.09. The molecule has 0 aliphatic heterocycles. The normalized spacial score (nSPS) is 11.1. The number of nitrogens with one attached hydrogen (secondary N) is 1. The van der Waals surface area contributed by atoms with Crippen LogP contribution in [0.3, 0.4) is 0 Å². The Morgan fingerprint density at radius 2 is 1.74 bits per heavy atom. The first-order valence-electron chi connectivity index (χ1n) is 7.40. The molecule has 0 bridgehead atoms. The van der Waals surface area contributed by atoms with E-state index in [0.717, 1.165) is 11.3 Å². The van der Waals surface area contributed by atoms with Gasteiger partial charge in [0.2, 0.25) is 0 Å². The van der Waals surface area contributed by atoms with E-state index in [2.05, 4.69) is 5.32 Å². The lowest BCUT2D eigenvalue weighted by Crippen LogP contribution is -2.21. The van der Waals surface area contributed by atoms with Gasteiger partial charge in [0.1, 0.15) is 5.75 Å². The summed E-state index contributed by atoms with van der Waals surface area (Å²) in [5.41, 5.74) is 2.67. The van der Waals surface area contributed by atoms with Gasteiger partial charge in [0.15, 0.2) is 0 Å². The van der Waals surface area contributed by atoms with Crippen molar-refractivity contribution in [2.24, 2.45) is 0 Å². The van der Waals surface area contributed by atoms with Crippen LogP contribution < -0.4 is 10.1 Å². The van der Waals surface area contributed by atoms with Gasteiger partial charge in [-0.25, -0.2) is 4.79 Å². The zero-order chi connectivity index (χ0) is 16.5. The van der Waals surface area contributed by atoms with Crippen LogP contribution in [0.2, 0.25) is 0 Å². The second kappa shape index (κ2) is 8.76. The quantitative estimate of drug-likeness (QED) is 0.631. The molecule has 4 heteroatoms. The Morgan fingerprint density at radius 3 is 2.35 bits per heavy atom. The van der Waals surface area contributed by atoms with Crippen LogP contribution in [0.15, 0.2) is 60.2 Å². The monoisotopic (exact) mass is 311 g/mol. The van der Waals surface area contributed by atoms with Crippen molar-refractivity contribution in [3.63, 3.8) is 0 Å². The molecule has 0 atom stereocenters. The van der Waals surface area contributed by atoms with Crippen LogP contribution in [-0.2, 0) is 16.1 Å². The fourth-order valence-corrected chi connectivity index (χ4v) is 2.15. The third-order valence-electron chi connectivity index (χ3n) is 3.39. The average Bonchev–Trinajstić information content (AvgIpc) is 2.61. The number of ether oxygens (including phenoxy) is 2. The van der Waals surface area contributed by atoms with E-state index in [1.807, 2.05) is 60.7 Å². The molecule has 4 nitrogen and oxygen atoms in total. The summed E-state index contributed by atoms with van der Waals surface area (Å²) in [6.45, 7) is 1.13. The molecule has 2 aromatic rings. The largest absolute Gasteiger partial charge is 0.497 e. The lowest BCUT2D eigenvalue weighted by atomic mass is 10.1. The SMILES string of the molecule is COC(=O)/C(=C/c1ccc(OC)cc1)CNCc1ccccc1. The van der Waals surface area contributed by atoms with Gasteiger partial charge < -0.3 is 14.8 Å². The second-order valence-corrected chi connectivity index (χ2v) is 5.02. The van der Waals surface area contributed by atoms with E-state index >= 15 is 0 Å². The van der Waals surface area contributed by atoms with Gasteiger partial charge in [0, 0.05) is 13.1 Å². The molecule has 0 radical (unpaired) electrons. The maximum atomic E-state index is 11.9. The predicted octanol–water partition coefficient (Wildman–Crippen LogP) is 3.04. The van der Waals surface area contributed by atoms with Crippen LogP contribution in [0.1, 0.15) is 11.1 Å². The lowest BCUT2D eigenvalue weighted by molar-refractivity contribution is -0.136. The Bertz CT molecular complexity index is 648. The predicted molar refractivity (Wildman–Crippen MR) is 91.1 cm³/mol. The third kappa shape index (κ3) is 5.27. The Labute approximate surface area is 136 Å². The van der Waals surface area contributed by atoms with Crippen LogP contribution in [-0.4, -0.2) is 26.7 Å². The molecule has 0 heterocycles. The maximum Gasteiger partial charge on any atom is 0.335 e. The van der Waals surface area contributed by atoms with Crippen LogP contribution in [0, 0.1) is 0 Å². The summed E-state index contributed by atoms with van der Waals surface area (Å²) < 4.78 is 9.99. The van der Waals surface area contributed by atoms with Gasteiger partial charge in [-0.3, -0.25) is 0 Å². The highest BCUT2D eigenvalue weighted by atomic mass is 16.5. The van der Waals surface area contributed by atoms with E-state index in [1.165, 1.54) is 12.7 Å². The van der Waals surface area contributed by atoms with Gasteiger partial charge in [0.05, 0.1) is 19.8 Å². The summed E-state index contributed by atoms with van der Waals surface area (Å²) in [5, 5.41) is 3.27. The van der Waals surface area contributed by atoms with E-state index in [4.69, 9.17) is 9.47 Å². The van der Waals surface area contributed by atoms with Crippen molar-refractivity contribution in [3.8, 4) is 5.75 Å². The molecule has 0 spiro atoms. The minimum Gasteiger partial charge on any atom is -0.497 e.